The molecule has 2 N–H and O–H groups in total. The first-order valence-corrected chi connectivity index (χ1v) is 10.0. The second-order valence-corrected chi connectivity index (χ2v) is 7.95. The minimum atomic E-state index is -4.56. The van der Waals surface area contributed by atoms with Gasteiger partial charge in [0.25, 0.3) is 0 Å². The number of hydrogen-bond acceptors (Lipinski definition) is 2. The van der Waals surface area contributed by atoms with E-state index in [-0.39, 0.29) is 10.9 Å². The summed E-state index contributed by atoms with van der Waals surface area (Å²) in [5, 5.41) is 10.4. The molecule has 0 saturated heterocycles. The summed E-state index contributed by atoms with van der Waals surface area (Å²) < 4.78 is 40.6. The highest BCUT2D eigenvalue weighted by molar-refractivity contribution is 7.80. The number of benzene rings is 1. The molecule has 3 rings (SSSR count). The molecule has 0 aliphatic heterocycles. The van der Waals surface area contributed by atoms with Crippen molar-refractivity contribution < 1.29 is 13.2 Å². The predicted molar refractivity (Wildman–Crippen MR) is 110 cm³/mol. The Bertz CT molecular complexity index is 881. The summed E-state index contributed by atoms with van der Waals surface area (Å²) in [4.78, 5) is 0. The molecular formula is C17H16Cl3F3N4S. The monoisotopic (exact) mass is 470 g/mol. The Balaban J connectivity index is 1.55. The zero-order chi connectivity index (χ0) is 20.5. The summed E-state index contributed by atoms with van der Waals surface area (Å²) in [6.07, 6.45) is -2.39. The topological polar surface area (TPSA) is 41.9 Å². The number of nitrogens with zero attached hydrogens (tertiary/aromatic N) is 2. The third-order valence-corrected chi connectivity index (χ3v) is 5.63. The van der Waals surface area contributed by atoms with Crippen LogP contribution in [0.5, 0.6) is 0 Å². The molecule has 152 valence electrons. The van der Waals surface area contributed by atoms with Crippen molar-refractivity contribution in [3.63, 3.8) is 0 Å². The zero-order valence-corrected chi connectivity index (χ0v) is 17.5. The molecule has 1 heterocycles. The van der Waals surface area contributed by atoms with Gasteiger partial charge in [0.1, 0.15) is 0 Å². The van der Waals surface area contributed by atoms with Gasteiger partial charge in [0.05, 0.1) is 26.4 Å². The predicted octanol–water partition coefficient (Wildman–Crippen LogP) is 6.12. The van der Waals surface area contributed by atoms with E-state index in [1.807, 2.05) is 0 Å². The van der Waals surface area contributed by atoms with Crippen molar-refractivity contribution in [3.05, 3.63) is 44.7 Å². The van der Waals surface area contributed by atoms with Crippen LogP contribution in [0.15, 0.2) is 18.2 Å². The number of aromatic nitrogens is 2. The second kappa shape index (κ2) is 8.65. The first-order valence-electron chi connectivity index (χ1n) is 8.50. The molecule has 1 fully saturated rings. The Morgan fingerprint density at radius 2 is 1.93 bits per heavy atom. The van der Waals surface area contributed by atoms with E-state index in [9.17, 15) is 13.2 Å². The normalized spacial score (nSPS) is 14.2. The van der Waals surface area contributed by atoms with Crippen LogP contribution >= 0.6 is 47.0 Å². The van der Waals surface area contributed by atoms with Crippen molar-refractivity contribution in [2.24, 2.45) is 0 Å². The van der Waals surface area contributed by atoms with Gasteiger partial charge in [-0.3, -0.25) is 4.68 Å². The Morgan fingerprint density at radius 3 is 2.57 bits per heavy atom. The number of alkyl halides is 3. The van der Waals surface area contributed by atoms with E-state index in [0.717, 1.165) is 12.8 Å². The number of hydrogen-bond donors (Lipinski definition) is 2. The molecular weight excluding hydrogens is 456 g/mol. The summed E-state index contributed by atoms with van der Waals surface area (Å²) in [6, 6.07) is 5.13. The molecule has 0 amide bonds. The Morgan fingerprint density at radius 1 is 1.21 bits per heavy atom. The molecule has 0 spiro atoms. The standard InChI is InChI=1S/C17H16Cl3F3N4S/c18-10-3-1-4-11(12(10)19)25-16(28)24-7-2-8-27-14(9-5-6-9)13(20)15(26-27)17(21,22)23/h1,3-4,9H,2,5-8H2,(H2,24,25,28). The van der Waals surface area contributed by atoms with Gasteiger partial charge in [-0.1, -0.05) is 40.9 Å². The molecule has 1 saturated carbocycles. The minimum absolute atomic E-state index is 0.0526. The third kappa shape index (κ3) is 5.03. The lowest BCUT2D eigenvalue weighted by Gasteiger charge is -2.13. The molecule has 2 aromatic rings. The molecule has 0 radical (unpaired) electrons. The third-order valence-electron chi connectivity index (χ3n) is 4.20. The Labute approximate surface area is 180 Å². The molecule has 0 atom stereocenters. The average molecular weight is 472 g/mol. The van der Waals surface area contributed by atoms with Gasteiger partial charge in [-0.05, 0) is 43.6 Å². The molecule has 1 aliphatic rings. The van der Waals surface area contributed by atoms with E-state index >= 15 is 0 Å². The van der Waals surface area contributed by atoms with Crippen molar-refractivity contribution in [1.29, 1.82) is 0 Å². The van der Waals surface area contributed by atoms with Gasteiger partial charge in [0, 0.05) is 19.0 Å². The van der Waals surface area contributed by atoms with Gasteiger partial charge in [-0.15, -0.1) is 0 Å². The van der Waals surface area contributed by atoms with Crippen LogP contribution in [0.3, 0.4) is 0 Å². The zero-order valence-electron chi connectivity index (χ0n) is 14.4. The fraction of sp³-hybridized carbons (Fsp3) is 0.412. The maximum atomic E-state index is 13.1. The molecule has 0 unspecified atom stereocenters. The highest BCUT2D eigenvalue weighted by Crippen LogP contribution is 2.46. The van der Waals surface area contributed by atoms with E-state index in [1.54, 1.807) is 18.2 Å². The van der Waals surface area contributed by atoms with E-state index in [0.29, 0.717) is 46.0 Å². The van der Waals surface area contributed by atoms with Gasteiger partial charge in [0.2, 0.25) is 0 Å². The maximum absolute atomic E-state index is 13.1. The lowest BCUT2D eigenvalue weighted by Crippen LogP contribution is -2.30. The fourth-order valence-corrected chi connectivity index (χ4v) is 3.71. The van der Waals surface area contributed by atoms with Crippen LogP contribution in [0, 0.1) is 0 Å². The quantitative estimate of drug-likeness (QED) is 0.394. The van der Waals surface area contributed by atoms with E-state index in [2.05, 4.69) is 15.7 Å². The van der Waals surface area contributed by atoms with Crippen LogP contribution < -0.4 is 10.6 Å². The molecule has 1 aromatic carbocycles. The van der Waals surface area contributed by atoms with Crippen LogP contribution in [0.2, 0.25) is 15.1 Å². The summed E-state index contributed by atoms with van der Waals surface area (Å²) >= 11 is 23.2. The van der Waals surface area contributed by atoms with Gasteiger partial charge >= 0.3 is 6.18 Å². The molecule has 11 heteroatoms. The van der Waals surface area contributed by atoms with Crippen molar-refractivity contribution in [1.82, 2.24) is 15.1 Å². The van der Waals surface area contributed by atoms with Gasteiger partial charge in [-0.2, -0.15) is 18.3 Å². The molecule has 0 bridgehead atoms. The minimum Gasteiger partial charge on any atom is -0.362 e. The number of rotatable bonds is 6. The Kier molecular flexibility index (Phi) is 6.64. The molecule has 28 heavy (non-hydrogen) atoms. The first-order chi connectivity index (χ1) is 13.2. The summed E-state index contributed by atoms with van der Waals surface area (Å²) in [6.45, 7) is 0.738. The van der Waals surface area contributed by atoms with Crippen LogP contribution in [0.25, 0.3) is 0 Å². The number of thiocarbonyl (C=S) groups is 1. The lowest BCUT2D eigenvalue weighted by atomic mass is 10.2. The van der Waals surface area contributed by atoms with Crippen molar-refractivity contribution in [2.75, 3.05) is 11.9 Å². The number of aryl methyl sites for hydroxylation is 1. The van der Waals surface area contributed by atoms with Crippen molar-refractivity contribution in [2.45, 2.75) is 37.9 Å². The van der Waals surface area contributed by atoms with Gasteiger partial charge in [0.15, 0.2) is 10.8 Å². The molecule has 1 aromatic heterocycles. The summed E-state index contributed by atoms with van der Waals surface area (Å²) in [7, 11) is 0. The van der Waals surface area contributed by atoms with Crippen LogP contribution in [0.1, 0.15) is 36.6 Å². The molecule has 4 nitrogen and oxygen atoms in total. The fourth-order valence-electron chi connectivity index (χ4n) is 2.75. The first kappa shape index (κ1) is 21.5. The summed E-state index contributed by atoms with van der Waals surface area (Å²) in [5.74, 6) is 0.0526. The number of anilines is 1. The van der Waals surface area contributed by atoms with Crippen LogP contribution in [-0.2, 0) is 12.7 Å². The second-order valence-electron chi connectivity index (χ2n) is 6.38. The van der Waals surface area contributed by atoms with Crippen LogP contribution in [-0.4, -0.2) is 21.4 Å². The van der Waals surface area contributed by atoms with Crippen LogP contribution in [0.4, 0.5) is 18.9 Å². The summed E-state index contributed by atoms with van der Waals surface area (Å²) in [5.41, 5.74) is 0.0218. The Hall–Kier alpha value is -1.22. The largest absolute Gasteiger partial charge is 0.436 e. The maximum Gasteiger partial charge on any atom is 0.436 e. The van der Waals surface area contributed by atoms with E-state index < -0.39 is 11.9 Å². The van der Waals surface area contributed by atoms with Crippen molar-refractivity contribution in [3.8, 4) is 0 Å². The lowest BCUT2D eigenvalue weighted by molar-refractivity contribution is -0.141. The van der Waals surface area contributed by atoms with E-state index in [1.165, 1.54) is 4.68 Å². The number of halogens is 6. The molecule has 1 aliphatic carbocycles. The smallest absolute Gasteiger partial charge is 0.362 e. The average Bonchev–Trinajstić information content (AvgIpc) is 3.38. The highest BCUT2D eigenvalue weighted by Gasteiger charge is 2.41. The van der Waals surface area contributed by atoms with Gasteiger partial charge in [-0.25, -0.2) is 0 Å². The van der Waals surface area contributed by atoms with Crippen molar-refractivity contribution >= 4 is 57.8 Å². The highest BCUT2D eigenvalue weighted by atomic mass is 35.5. The number of nitrogens with one attached hydrogen (secondary N) is 2. The SMILES string of the molecule is FC(F)(F)c1nn(CCCNC(=S)Nc2cccc(Cl)c2Cl)c(C2CC2)c1Cl. The van der Waals surface area contributed by atoms with E-state index in [4.69, 9.17) is 47.0 Å². The van der Waals surface area contributed by atoms with Gasteiger partial charge < -0.3 is 10.6 Å².